The van der Waals surface area contributed by atoms with E-state index < -0.39 is 60.4 Å². The van der Waals surface area contributed by atoms with Crippen LogP contribution < -0.4 is 0 Å². The maximum absolute atomic E-state index is 13.0. The second kappa shape index (κ2) is 6.17. The van der Waals surface area contributed by atoms with Gasteiger partial charge >= 0.3 is 30.2 Å². The molecule has 25 heavy (non-hydrogen) atoms. The van der Waals surface area contributed by atoms with Gasteiger partial charge in [-0.15, -0.1) is 0 Å². The summed E-state index contributed by atoms with van der Waals surface area (Å²) in [6.45, 7) is -5.07. The van der Waals surface area contributed by atoms with E-state index in [1.807, 2.05) is 0 Å². The Labute approximate surface area is 132 Å². The van der Waals surface area contributed by atoms with Crippen molar-refractivity contribution >= 4 is 11.9 Å². The highest BCUT2D eigenvalue weighted by Crippen LogP contribution is 2.39. The van der Waals surface area contributed by atoms with Gasteiger partial charge in [-0.1, -0.05) is 0 Å². The summed E-state index contributed by atoms with van der Waals surface area (Å²) in [6, 6.07) is -1.78. The Morgan fingerprint density at radius 1 is 0.880 bits per heavy atom. The normalized spacial score (nSPS) is 20.7. The molecule has 15 heteroatoms. The summed E-state index contributed by atoms with van der Waals surface area (Å²) < 4.78 is 128. The van der Waals surface area contributed by atoms with Gasteiger partial charge in [-0.2, -0.15) is 43.9 Å². The van der Waals surface area contributed by atoms with Crippen LogP contribution in [0.15, 0.2) is 0 Å². The molecule has 0 aliphatic carbocycles. The van der Waals surface area contributed by atoms with Crippen molar-refractivity contribution in [2.45, 2.75) is 30.4 Å². The van der Waals surface area contributed by atoms with E-state index in [4.69, 9.17) is 0 Å². The quantitative estimate of drug-likeness (QED) is 0.532. The summed E-state index contributed by atoms with van der Waals surface area (Å²) in [6.07, 6.45) is -15.1. The molecular formula is C10H8F10N2O3. The molecule has 1 rings (SSSR count). The van der Waals surface area contributed by atoms with Gasteiger partial charge in [0.25, 0.3) is 5.91 Å². The van der Waals surface area contributed by atoms with Crippen molar-refractivity contribution in [3.05, 3.63) is 0 Å². The third-order valence-corrected chi connectivity index (χ3v) is 2.98. The molecule has 0 aromatic heterocycles. The first-order chi connectivity index (χ1) is 10.9. The molecule has 0 aromatic carbocycles. The zero-order chi connectivity index (χ0) is 20.0. The van der Waals surface area contributed by atoms with Crippen molar-refractivity contribution in [3.63, 3.8) is 0 Å². The molecule has 1 saturated heterocycles. The Bertz CT molecular complexity index is 544. The van der Waals surface area contributed by atoms with Gasteiger partial charge in [0.1, 0.15) is 6.61 Å². The molecular weight excluding hydrogens is 386 g/mol. The predicted molar refractivity (Wildman–Crippen MR) is 56.6 cm³/mol. The number of urea groups is 1. The monoisotopic (exact) mass is 394 g/mol. The molecule has 3 amide bonds. The summed E-state index contributed by atoms with van der Waals surface area (Å²) in [5.74, 6) is -12.8. The number of ether oxygens (including phenoxy) is 1. The fourth-order valence-electron chi connectivity index (χ4n) is 1.57. The standard InChI is InChI=1S/C10H8F10N2O3/c1-21-4(23)5(25-3-8(13,14)10(18,19)20)22(6(21)24)2-7(11,12)9(15,16)17/h5H,2-3H2,1H3. The number of alkyl halides is 10. The van der Waals surface area contributed by atoms with Gasteiger partial charge in [-0.05, 0) is 0 Å². The van der Waals surface area contributed by atoms with E-state index in [-0.39, 0.29) is 4.90 Å². The zero-order valence-corrected chi connectivity index (χ0v) is 11.9. The van der Waals surface area contributed by atoms with E-state index in [9.17, 15) is 53.5 Å². The average Bonchev–Trinajstić information content (AvgIpc) is 2.59. The third-order valence-electron chi connectivity index (χ3n) is 2.98. The number of carbonyl (C=O) groups is 2. The first kappa shape index (κ1) is 21.2. The second-order valence-corrected chi connectivity index (χ2v) is 4.88. The molecule has 146 valence electrons. The predicted octanol–water partition coefficient (Wildman–Crippen LogP) is 2.62. The Kier molecular flexibility index (Phi) is 5.25. The van der Waals surface area contributed by atoms with E-state index in [0.29, 0.717) is 7.05 Å². The Hall–Kier alpha value is -1.80. The first-order valence-corrected chi connectivity index (χ1v) is 6.01. The van der Waals surface area contributed by atoms with E-state index in [1.54, 1.807) is 0 Å². The molecule has 1 aliphatic heterocycles. The lowest BCUT2D eigenvalue weighted by Crippen LogP contribution is -2.52. The summed E-state index contributed by atoms with van der Waals surface area (Å²) >= 11 is 0. The highest BCUT2D eigenvalue weighted by molar-refractivity contribution is 6.03. The van der Waals surface area contributed by atoms with E-state index in [1.165, 1.54) is 0 Å². The van der Waals surface area contributed by atoms with Crippen LogP contribution in [0.3, 0.4) is 0 Å². The highest BCUT2D eigenvalue weighted by Gasteiger charge is 2.62. The van der Waals surface area contributed by atoms with Crippen LogP contribution in [0.4, 0.5) is 48.7 Å². The SMILES string of the molecule is CN1C(=O)C(OCC(F)(F)C(F)(F)F)N(CC(F)(F)C(F)(F)F)C1=O. The molecule has 1 atom stereocenters. The van der Waals surface area contributed by atoms with E-state index in [0.717, 1.165) is 0 Å². The van der Waals surface area contributed by atoms with E-state index >= 15 is 0 Å². The molecule has 0 spiro atoms. The van der Waals surface area contributed by atoms with Gasteiger partial charge in [-0.3, -0.25) is 14.6 Å². The lowest BCUT2D eigenvalue weighted by molar-refractivity contribution is -0.305. The third kappa shape index (κ3) is 4.07. The number of hydrogen-bond acceptors (Lipinski definition) is 3. The van der Waals surface area contributed by atoms with Crippen LogP contribution >= 0.6 is 0 Å². The van der Waals surface area contributed by atoms with Crippen molar-refractivity contribution in [2.24, 2.45) is 0 Å². The van der Waals surface area contributed by atoms with Gasteiger partial charge in [0, 0.05) is 7.05 Å². The van der Waals surface area contributed by atoms with Crippen molar-refractivity contribution < 1.29 is 58.2 Å². The summed E-state index contributed by atoms with van der Waals surface area (Å²) in [5, 5.41) is 0. The summed E-state index contributed by atoms with van der Waals surface area (Å²) in [5.41, 5.74) is 0. The largest absolute Gasteiger partial charge is 0.455 e. The molecule has 1 heterocycles. The van der Waals surface area contributed by atoms with E-state index in [2.05, 4.69) is 4.74 Å². The van der Waals surface area contributed by atoms with Crippen LogP contribution in [0, 0.1) is 0 Å². The molecule has 5 nitrogen and oxygen atoms in total. The van der Waals surface area contributed by atoms with Crippen molar-refractivity contribution in [2.75, 3.05) is 20.2 Å². The van der Waals surface area contributed by atoms with Crippen LogP contribution in [0.5, 0.6) is 0 Å². The number of halogens is 10. The van der Waals surface area contributed by atoms with Gasteiger partial charge in [0.05, 0.1) is 6.54 Å². The Morgan fingerprint density at radius 3 is 1.72 bits per heavy atom. The molecule has 1 unspecified atom stereocenters. The number of hydrogen-bond donors (Lipinski definition) is 0. The minimum atomic E-state index is -6.17. The van der Waals surface area contributed by atoms with Gasteiger partial charge in [0.15, 0.2) is 0 Å². The number of carbonyl (C=O) groups excluding carboxylic acids is 2. The average molecular weight is 394 g/mol. The molecule has 0 N–H and O–H groups in total. The van der Waals surface area contributed by atoms with Crippen LogP contribution in [0.1, 0.15) is 0 Å². The minimum Gasteiger partial charge on any atom is -0.343 e. The van der Waals surface area contributed by atoms with Gasteiger partial charge in [0.2, 0.25) is 6.23 Å². The fourth-order valence-corrected chi connectivity index (χ4v) is 1.57. The van der Waals surface area contributed by atoms with Gasteiger partial charge in [-0.25, -0.2) is 4.79 Å². The van der Waals surface area contributed by atoms with Crippen LogP contribution in [-0.2, 0) is 9.53 Å². The lowest BCUT2D eigenvalue weighted by Gasteiger charge is -2.28. The number of nitrogens with zero attached hydrogens (tertiary/aromatic N) is 2. The van der Waals surface area contributed by atoms with Crippen LogP contribution in [0.2, 0.25) is 0 Å². The number of amides is 3. The molecule has 1 fully saturated rings. The highest BCUT2D eigenvalue weighted by atomic mass is 19.4. The number of likely N-dealkylation sites (N-methyl/N-ethyl adjacent to an activating group) is 1. The molecule has 0 saturated carbocycles. The maximum Gasteiger partial charge on any atom is 0.455 e. The minimum absolute atomic E-state index is 0.0527. The maximum atomic E-state index is 13.0. The fraction of sp³-hybridized carbons (Fsp3) is 0.800. The molecule has 0 radical (unpaired) electrons. The number of rotatable bonds is 5. The first-order valence-electron chi connectivity index (χ1n) is 6.01. The summed E-state index contributed by atoms with van der Waals surface area (Å²) in [4.78, 5) is 22.4. The summed E-state index contributed by atoms with van der Waals surface area (Å²) in [7, 11) is 0.592. The Morgan fingerprint density at radius 2 is 1.32 bits per heavy atom. The topological polar surface area (TPSA) is 49.9 Å². The van der Waals surface area contributed by atoms with Crippen LogP contribution in [0.25, 0.3) is 0 Å². The zero-order valence-electron chi connectivity index (χ0n) is 11.9. The van der Waals surface area contributed by atoms with Crippen molar-refractivity contribution in [3.8, 4) is 0 Å². The Balaban J connectivity index is 3.02. The lowest BCUT2D eigenvalue weighted by atomic mass is 10.3. The van der Waals surface area contributed by atoms with Crippen molar-refractivity contribution in [1.29, 1.82) is 0 Å². The number of imide groups is 1. The van der Waals surface area contributed by atoms with Crippen molar-refractivity contribution in [1.82, 2.24) is 9.80 Å². The van der Waals surface area contributed by atoms with Gasteiger partial charge < -0.3 is 4.74 Å². The molecule has 1 aliphatic rings. The molecule has 0 aromatic rings. The molecule has 0 bridgehead atoms. The van der Waals surface area contributed by atoms with Crippen LogP contribution in [-0.4, -0.2) is 72.4 Å². The smallest absolute Gasteiger partial charge is 0.343 e. The second-order valence-electron chi connectivity index (χ2n) is 4.88.